The van der Waals surface area contributed by atoms with Gasteiger partial charge < -0.3 is 15.2 Å². The van der Waals surface area contributed by atoms with Gasteiger partial charge >= 0.3 is 12.1 Å². The van der Waals surface area contributed by atoms with Crippen molar-refractivity contribution in [3.8, 4) is 11.1 Å². The van der Waals surface area contributed by atoms with Crippen molar-refractivity contribution in [2.75, 3.05) is 17.2 Å². The number of fused-ring (bicyclic) bond motifs is 3. The first kappa shape index (κ1) is 21.8. The molecule has 0 spiro atoms. The highest BCUT2D eigenvalue weighted by molar-refractivity contribution is 6.09. The third-order valence-corrected chi connectivity index (χ3v) is 5.67. The van der Waals surface area contributed by atoms with E-state index < -0.39 is 18.0 Å². The fraction of sp³-hybridized carbons (Fsp3) is 0.0800. The van der Waals surface area contributed by atoms with E-state index >= 15 is 0 Å². The van der Waals surface area contributed by atoms with Crippen molar-refractivity contribution >= 4 is 29.5 Å². The number of aromatic nitrogens is 2. The molecule has 3 aromatic carbocycles. The molecule has 10 heteroatoms. The number of carboxylic acids is 1. The number of carboxylic acid groups (broad SMARTS) is 1. The first-order valence-corrected chi connectivity index (χ1v) is 10.6. The third-order valence-electron chi connectivity index (χ3n) is 5.67. The number of hydrogen-bond donors (Lipinski definition) is 3. The van der Waals surface area contributed by atoms with Gasteiger partial charge in [-0.3, -0.25) is 10.1 Å². The van der Waals surface area contributed by atoms with Crippen molar-refractivity contribution in [3.05, 3.63) is 95.2 Å². The number of nitrogens with zero attached hydrogens (tertiary/aromatic N) is 2. The number of carbonyl (C=O) groups is 3. The monoisotopic (exact) mass is 470 g/mol. The van der Waals surface area contributed by atoms with Gasteiger partial charge in [0.2, 0.25) is 11.5 Å². The van der Waals surface area contributed by atoms with Crippen LogP contribution in [0.15, 0.2) is 77.4 Å². The van der Waals surface area contributed by atoms with Gasteiger partial charge in [0.1, 0.15) is 6.61 Å². The Bertz CT molecular complexity index is 1400. The molecule has 0 radical (unpaired) electrons. The molecule has 35 heavy (non-hydrogen) atoms. The summed E-state index contributed by atoms with van der Waals surface area (Å²) in [4.78, 5) is 36.5. The zero-order chi connectivity index (χ0) is 24.4. The van der Waals surface area contributed by atoms with Crippen LogP contribution < -0.4 is 10.6 Å². The highest BCUT2D eigenvalue weighted by Crippen LogP contribution is 2.44. The van der Waals surface area contributed by atoms with E-state index in [2.05, 4.69) is 25.6 Å². The van der Waals surface area contributed by atoms with Crippen LogP contribution in [-0.2, 0) is 4.74 Å². The van der Waals surface area contributed by atoms with Gasteiger partial charge in [-0.1, -0.05) is 60.7 Å². The van der Waals surface area contributed by atoms with Gasteiger partial charge in [-0.15, -0.1) is 0 Å². The van der Waals surface area contributed by atoms with Crippen molar-refractivity contribution in [3.63, 3.8) is 0 Å². The van der Waals surface area contributed by atoms with Gasteiger partial charge in [-0.25, -0.2) is 14.2 Å². The van der Waals surface area contributed by atoms with Gasteiger partial charge in [0.25, 0.3) is 5.91 Å². The smallest absolute Gasteiger partial charge is 0.412 e. The van der Waals surface area contributed by atoms with Gasteiger partial charge in [-0.2, -0.15) is 0 Å². The molecule has 1 heterocycles. The van der Waals surface area contributed by atoms with Crippen LogP contribution in [0.1, 0.15) is 37.9 Å². The predicted octanol–water partition coefficient (Wildman–Crippen LogP) is 4.38. The van der Waals surface area contributed by atoms with Crippen LogP contribution in [0, 0.1) is 0 Å². The van der Waals surface area contributed by atoms with E-state index in [1.807, 2.05) is 48.5 Å². The predicted molar refractivity (Wildman–Crippen MR) is 124 cm³/mol. The SMILES string of the molecule is O=C(Nc1nonc1C(=O)Nc1ccccc1C(=O)O)OCC1c2ccccc2-c2ccccc21. The molecule has 5 rings (SSSR count). The Balaban J connectivity index is 1.27. The van der Waals surface area contributed by atoms with Gasteiger partial charge in [-0.05, 0) is 44.7 Å². The number of ether oxygens (including phenoxy) is 1. The van der Waals surface area contributed by atoms with Crippen LogP contribution >= 0.6 is 0 Å². The molecule has 4 aromatic rings. The number of amides is 2. The molecule has 0 saturated heterocycles. The van der Waals surface area contributed by atoms with Crippen molar-refractivity contribution < 1.29 is 28.9 Å². The lowest BCUT2D eigenvalue weighted by Gasteiger charge is -2.14. The molecule has 1 aromatic heterocycles. The summed E-state index contributed by atoms with van der Waals surface area (Å²) in [5.74, 6) is -2.42. The molecule has 0 bridgehead atoms. The Kier molecular flexibility index (Phi) is 5.68. The quantitative estimate of drug-likeness (QED) is 0.377. The van der Waals surface area contributed by atoms with Gasteiger partial charge in [0.15, 0.2) is 0 Å². The van der Waals surface area contributed by atoms with E-state index in [1.54, 1.807) is 6.07 Å². The average Bonchev–Trinajstić information content (AvgIpc) is 3.45. The summed E-state index contributed by atoms with van der Waals surface area (Å²) < 4.78 is 10.1. The van der Waals surface area contributed by atoms with E-state index in [1.165, 1.54) is 18.2 Å². The second kappa shape index (κ2) is 9.10. The van der Waals surface area contributed by atoms with Gasteiger partial charge in [0, 0.05) is 5.92 Å². The molecule has 0 aliphatic heterocycles. The van der Waals surface area contributed by atoms with Crippen LogP contribution in [0.3, 0.4) is 0 Å². The molecular weight excluding hydrogens is 452 g/mol. The van der Waals surface area contributed by atoms with E-state index in [0.29, 0.717) is 0 Å². The number of aromatic carboxylic acids is 1. The molecule has 174 valence electrons. The summed E-state index contributed by atoms with van der Waals surface area (Å²) >= 11 is 0. The largest absolute Gasteiger partial charge is 0.478 e. The maximum absolute atomic E-state index is 12.6. The molecule has 10 nitrogen and oxygen atoms in total. The molecule has 0 atom stereocenters. The lowest BCUT2D eigenvalue weighted by atomic mass is 9.98. The van der Waals surface area contributed by atoms with E-state index in [9.17, 15) is 19.5 Å². The standard InChI is InChI=1S/C25H18N4O6/c30-23(26-20-12-6-5-11-18(20)24(31)32)21-22(29-35-28-21)27-25(33)34-13-19-16-9-3-1-7-14(16)15-8-2-4-10-17(15)19/h1-12,19H,13H2,(H,26,30)(H,31,32)(H,27,29,33). The Morgan fingerprint density at radius 1 is 0.857 bits per heavy atom. The normalized spacial score (nSPS) is 11.9. The summed E-state index contributed by atoms with van der Waals surface area (Å²) in [5, 5.41) is 21.1. The highest BCUT2D eigenvalue weighted by atomic mass is 16.6. The Hall–Kier alpha value is -4.99. The van der Waals surface area contributed by atoms with Gasteiger partial charge in [0.05, 0.1) is 11.3 Å². The summed E-state index contributed by atoms with van der Waals surface area (Å²) in [5.41, 5.74) is 3.92. The summed E-state index contributed by atoms with van der Waals surface area (Å²) in [6, 6.07) is 21.7. The van der Waals surface area contributed by atoms with Crippen LogP contribution in [-0.4, -0.2) is 40.0 Å². The Labute approximate surface area is 198 Å². The van der Waals surface area contributed by atoms with Crippen molar-refractivity contribution in [1.29, 1.82) is 0 Å². The fourth-order valence-corrected chi connectivity index (χ4v) is 4.11. The number of anilines is 2. The lowest BCUT2D eigenvalue weighted by Crippen LogP contribution is -2.21. The van der Waals surface area contributed by atoms with Crippen molar-refractivity contribution in [1.82, 2.24) is 10.3 Å². The molecule has 0 saturated carbocycles. The second-order valence-electron chi connectivity index (χ2n) is 7.72. The van der Waals surface area contributed by atoms with Crippen LogP contribution in [0.2, 0.25) is 0 Å². The molecule has 1 aliphatic carbocycles. The van der Waals surface area contributed by atoms with E-state index in [-0.39, 0.29) is 35.3 Å². The fourth-order valence-electron chi connectivity index (χ4n) is 4.11. The molecule has 3 N–H and O–H groups in total. The minimum Gasteiger partial charge on any atom is -0.478 e. The number of benzene rings is 3. The van der Waals surface area contributed by atoms with Crippen LogP contribution in [0.4, 0.5) is 16.3 Å². The first-order valence-electron chi connectivity index (χ1n) is 10.6. The molecular formula is C25H18N4O6. The molecule has 0 fully saturated rings. The Morgan fingerprint density at radius 2 is 1.49 bits per heavy atom. The Morgan fingerprint density at radius 3 is 2.17 bits per heavy atom. The minimum absolute atomic E-state index is 0.0556. The minimum atomic E-state index is -1.21. The van der Waals surface area contributed by atoms with Crippen molar-refractivity contribution in [2.24, 2.45) is 0 Å². The number of carbonyl (C=O) groups excluding carboxylic acids is 2. The van der Waals surface area contributed by atoms with Crippen LogP contribution in [0.25, 0.3) is 11.1 Å². The summed E-state index contributed by atoms with van der Waals surface area (Å²) in [6.07, 6.45) is -0.845. The zero-order valence-corrected chi connectivity index (χ0v) is 18.1. The van der Waals surface area contributed by atoms with E-state index in [4.69, 9.17) is 4.74 Å². The number of para-hydroxylation sites is 1. The highest BCUT2D eigenvalue weighted by Gasteiger charge is 2.29. The number of nitrogens with one attached hydrogen (secondary N) is 2. The lowest BCUT2D eigenvalue weighted by molar-refractivity contribution is 0.0698. The van der Waals surface area contributed by atoms with Crippen molar-refractivity contribution in [2.45, 2.75) is 5.92 Å². The first-order chi connectivity index (χ1) is 17.0. The summed E-state index contributed by atoms with van der Waals surface area (Å²) in [6.45, 7) is 0.0681. The molecule has 2 amide bonds. The van der Waals surface area contributed by atoms with Crippen LogP contribution in [0.5, 0.6) is 0 Å². The second-order valence-corrected chi connectivity index (χ2v) is 7.72. The van der Waals surface area contributed by atoms with E-state index in [0.717, 1.165) is 22.3 Å². The topological polar surface area (TPSA) is 144 Å². The molecule has 0 unspecified atom stereocenters. The number of rotatable bonds is 6. The maximum atomic E-state index is 12.6. The molecule has 1 aliphatic rings. The number of hydrogen-bond acceptors (Lipinski definition) is 7. The summed E-state index contributed by atoms with van der Waals surface area (Å²) in [7, 11) is 0. The third kappa shape index (κ3) is 4.20. The maximum Gasteiger partial charge on any atom is 0.412 e. The zero-order valence-electron chi connectivity index (χ0n) is 18.1. The average molecular weight is 470 g/mol.